The Bertz CT molecular complexity index is 671. The zero-order valence-electron chi connectivity index (χ0n) is 13.7. The summed E-state index contributed by atoms with van der Waals surface area (Å²) in [5.74, 6) is 1.46. The number of amides is 2. The van der Waals surface area contributed by atoms with Crippen LogP contribution in [0.3, 0.4) is 0 Å². The lowest BCUT2D eigenvalue weighted by Crippen LogP contribution is -2.32. The molecule has 0 aromatic heterocycles. The summed E-state index contributed by atoms with van der Waals surface area (Å²) < 4.78 is 10.9. The molecule has 2 rings (SSSR count). The zero-order valence-corrected chi connectivity index (χ0v) is 13.7. The molecule has 0 atom stereocenters. The predicted molar refractivity (Wildman–Crippen MR) is 91.4 cm³/mol. The Morgan fingerprint density at radius 3 is 2.61 bits per heavy atom. The lowest BCUT2D eigenvalue weighted by Gasteiger charge is -2.13. The van der Waals surface area contributed by atoms with E-state index < -0.39 is 0 Å². The Balaban J connectivity index is 1.80. The molecule has 2 aromatic rings. The summed E-state index contributed by atoms with van der Waals surface area (Å²) in [6.45, 7) is 4.76. The van der Waals surface area contributed by atoms with Gasteiger partial charge in [-0.15, -0.1) is 0 Å². The molecular weight excluding hydrogens is 292 g/mol. The highest BCUT2D eigenvalue weighted by molar-refractivity contribution is 5.91. The molecule has 0 unspecified atom stereocenters. The Labute approximate surface area is 136 Å². The van der Waals surface area contributed by atoms with E-state index in [9.17, 15) is 4.79 Å². The van der Waals surface area contributed by atoms with Gasteiger partial charge in [0.2, 0.25) is 0 Å². The van der Waals surface area contributed by atoms with Gasteiger partial charge in [-0.3, -0.25) is 0 Å². The van der Waals surface area contributed by atoms with Crippen LogP contribution in [0.1, 0.15) is 11.1 Å². The maximum absolute atomic E-state index is 11.9. The minimum atomic E-state index is -0.290. The first kappa shape index (κ1) is 16.7. The quantitative estimate of drug-likeness (QED) is 0.802. The van der Waals surface area contributed by atoms with Crippen molar-refractivity contribution in [2.45, 2.75) is 13.8 Å². The number of benzene rings is 2. The Morgan fingerprint density at radius 1 is 1.09 bits per heavy atom. The van der Waals surface area contributed by atoms with E-state index in [0.29, 0.717) is 24.6 Å². The molecule has 0 fully saturated rings. The molecule has 0 aliphatic heterocycles. The van der Waals surface area contributed by atoms with Crippen molar-refractivity contribution in [2.75, 3.05) is 25.6 Å². The van der Waals surface area contributed by atoms with Crippen molar-refractivity contribution in [2.24, 2.45) is 0 Å². The predicted octanol–water partition coefficient (Wildman–Crippen LogP) is 3.51. The first-order valence-electron chi connectivity index (χ1n) is 7.48. The number of methoxy groups -OCH3 is 1. The van der Waals surface area contributed by atoms with Gasteiger partial charge in [0, 0.05) is 0 Å². The zero-order chi connectivity index (χ0) is 16.7. The van der Waals surface area contributed by atoms with Crippen molar-refractivity contribution in [3.63, 3.8) is 0 Å². The second kappa shape index (κ2) is 8.08. The number of carbonyl (C=O) groups is 1. The maximum Gasteiger partial charge on any atom is 0.319 e. The van der Waals surface area contributed by atoms with Crippen LogP contribution in [0.25, 0.3) is 0 Å². The van der Waals surface area contributed by atoms with Crippen molar-refractivity contribution in [3.8, 4) is 11.5 Å². The van der Waals surface area contributed by atoms with Crippen molar-refractivity contribution in [1.29, 1.82) is 0 Å². The van der Waals surface area contributed by atoms with E-state index >= 15 is 0 Å². The first-order chi connectivity index (χ1) is 11.1. The lowest BCUT2D eigenvalue weighted by atomic mass is 10.2. The van der Waals surface area contributed by atoms with Crippen LogP contribution in [-0.4, -0.2) is 26.3 Å². The summed E-state index contributed by atoms with van der Waals surface area (Å²) in [5.41, 5.74) is 2.76. The molecule has 0 aliphatic rings. The summed E-state index contributed by atoms with van der Waals surface area (Å²) in [5, 5.41) is 5.54. The SMILES string of the molecule is COc1ccc(C)cc1NC(=O)NCCOc1ccccc1C. The third kappa shape index (κ3) is 4.92. The van der Waals surface area contributed by atoms with E-state index in [1.54, 1.807) is 7.11 Å². The Hall–Kier alpha value is -2.69. The fourth-order valence-corrected chi connectivity index (χ4v) is 2.13. The number of rotatable bonds is 6. The van der Waals surface area contributed by atoms with E-state index in [2.05, 4.69) is 10.6 Å². The molecule has 0 aliphatic carbocycles. The van der Waals surface area contributed by atoms with Crippen LogP contribution in [0.5, 0.6) is 11.5 Å². The minimum absolute atomic E-state index is 0.290. The van der Waals surface area contributed by atoms with Crippen LogP contribution in [0.2, 0.25) is 0 Å². The van der Waals surface area contributed by atoms with Crippen molar-refractivity contribution in [1.82, 2.24) is 5.32 Å². The van der Waals surface area contributed by atoms with Crippen LogP contribution >= 0.6 is 0 Å². The van der Waals surface area contributed by atoms with Gasteiger partial charge < -0.3 is 20.1 Å². The van der Waals surface area contributed by atoms with Gasteiger partial charge in [-0.25, -0.2) is 4.79 Å². The normalized spacial score (nSPS) is 10.0. The molecule has 2 amide bonds. The maximum atomic E-state index is 11.9. The van der Waals surface area contributed by atoms with Gasteiger partial charge in [-0.05, 0) is 43.2 Å². The number of anilines is 1. The van der Waals surface area contributed by atoms with E-state index in [0.717, 1.165) is 16.9 Å². The monoisotopic (exact) mass is 314 g/mol. The van der Waals surface area contributed by atoms with Crippen molar-refractivity contribution >= 4 is 11.7 Å². The van der Waals surface area contributed by atoms with Crippen molar-refractivity contribution in [3.05, 3.63) is 53.6 Å². The highest BCUT2D eigenvalue weighted by atomic mass is 16.5. The average molecular weight is 314 g/mol. The second-order valence-electron chi connectivity index (χ2n) is 5.20. The van der Waals surface area contributed by atoms with E-state index in [-0.39, 0.29) is 6.03 Å². The third-order valence-corrected chi connectivity index (χ3v) is 3.34. The molecule has 0 spiro atoms. The first-order valence-corrected chi connectivity index (χ1v) is 7.48. The van der Waals surface area contributed by atoms with E-state index in [1.807, 2.05) is 56.3 Å². The topological polar surface area (TPSA) is 59.6 Å². The summed E-state index contributed by atoms with van der Waals surface area (Å²) in [4.78, 5) is 11.9. The van der Waals surface area contributed by atoms with Gasteiger partial charge in [0.05, 0.1) is 19.3 Å². The molecule has 0 bridgehead atoms. The molecule has 2 N–H and O–H groups in total. The highest BCUT2D eigenvalue weighted by Crippen LogP contribution is 2.24. The number of carbonyl (C=O) groups excluding carboxylic acids is 1. The summed E-state index contributed by atoms with van der Waals surface area (Å²) in [6, 6.07) is 13.1. The second-order valence-corrected chi connectivity index (χ2v) is 5.20. The smallest absolute Gasteiger partial charge is 0.319 e. The molecule has 122 valence electrons. The van der Waals surface area contributed by atoms with E-state index in [4.69, 9.17) is 9.47 Å². The number of para-hydroxylation sites is 1. The number of nitrogens with one attached hydrogen (secondary N) is 2. The van der Waals surface area contributed by atoms with Crippen molar-refractivity contribution < 1.29 is 14.3 Å². The molecular formula is C18H22N2O3. The van der Waals surface area contributed by atoms with Gasteiger partial charge in [0.1, 0.15) is 18.1 Å². The molecule has 23 heavy (non-hydrogen) atoms. The molecule has 0 radical (unpaired) electrons. The van der Waals surface area contributed by atoms with Crippen LogP contribution in [0.4, 0.5) is 10.5 Å². The highest BCUT2D eigenvalue weighted by Gasteiger charge is 2.07. The minimum Gasteiger partial charge on any atom is -0.495 e. The Morgan fingerprint density at radius 2 is 1.87 bits per heavy atom. The van der Waals surface area contributed by atoms with Gasteiger partial charge in [0.15, 0.2) is 0 Å². The number of ether oxygens (including phenoxy) is 2. The fraction of sp³-hybridized carbons (Fsp3) is 0.278. The summed E-state index contributed by atoms with van der Waals surface area (Å²) >= 11 is 0. The summed E-state index contributed by atoms with van der Waals surface area (Å²) in [7, 11) is 1.57. The average Bonchev–Trinajstić information content (AvgIpc) is 2.53. The standard InChI is InChI=1S/C18H22N2O3/c1-13-8-9-17(22-3)15(12-13)20-18(21)19-10-11-23-16-7-5-4-6-14(16)2/h4-9,12H,10-11H2,1-3H3,(H2,19,20,21). The Kier molecular flexibility index (Phi) is 5.86. The third-order valence-electron chi connectivity index (χ3n) is 3.34. The van der Waals surface area contributed by atoms with Gasteiger partial charge in [-0.2, -0.15) is 0 Å². The molecule has 0 saturated carbocycles. The lowest BCUT2D eigenvalue weighted by molar-refractivity contribution is 0.247. The fourth-order valence-electron chi connectivity index (χ4n) is 2.13. The molecule has 5 heteroatoms. The molecule has 0 heterocycles. The number of aryl methyl sites for hydroxylation is 2. The number of hydrogen-bond donors (Lipinski definition) is 2. The van der Waals surface area contributed by atoms with Crippen LogP contribution in [0, 0.1) is 13.8 Å². The van der Waals surface area contributed by atoms with Gasteiger partial charge >= 0.3 is 6.03 Å². The number of urea groups is 1. The van der Waals surface area contributed by atoms with Gasteiger partial charge in [0.25, 0.3) is 0 Å². The largest absolute Gasteiger partial charge is 0.495 e. The van der Waals surface area contributed by atoms with Crippen LogP contribution in [0.15, 0.2) is 42.5 Å². The molecule has 2 aromatic carbocycles. The molecule has 5 nitrogen and oxygen atoms in total. The van der Waals surface area contributed by atoms with Crippen LogP contribution < -0.4 is 20.1 Å². The molecule has 0 saturated heterocycles. The summed E-state index contributed by atoms with van der Waals surface area (Å²) in [6.07, 6.45) is 0. The van der Waals surface area contributed by atoms with Crippen LogP contribution in [-0.2, 0) is 0 Å². The van der Waals surface area contributed by atoms with Gasteiger partial charge in [-0.1, -0.05) is 24.3 Å². The van der Waals surface area contributed by atoms with E-state index in [1.165, 1.54) is 0 Å². The number of hydrogen-bond acceptors (Lipinski definition) is 3.